The molecule has 0 spiro atoms. The quantitative estimate of drug-likeness (QED) is 0.767. The Morgan fingerprint density at radius 2 is 2.29 bits per heavy atom. The fraction of sp³-hybridized carbons (Fsp3) is 0.273. The van der Waals surface area contributed by atoms with Crippen molar-refractivity contribution < 1.29 is 0 Å². The molecule has 2 nitrogen and oxygen atoms in total. The van der Waals surface area contributed by atoms with Gasteiger partial charge in [-0.15, -0.1) is 11.3 Å². The summed E-state index contributed by atoms with van der Waals surface area (Å²) in [6.07, 6.45) is 7.90. The molecule has 0 saturated carbocycles. The number of aromatic nitrogens is 2. The Kier molecular flexibility index (Phi) is 2.89. The first-order valence-corrected chi connectivity index (χ1v) is 5.57. The lowest BCUT2D eigenvalue weighted by Gasteiger charge is -1.92. The lowest BCUT2D eigenvalue weighted by atomic mass is 10.3. The predicted octanol–water partition coefficient (Wildman–Crippen LogP) is 3.16. The first-order chi connectivity index (χ1) is 6.90. The van der Waals surface area contributed by atoms with Crippen LogP contribution in [-0.2, 0) is 6.42 Å². The van der Waals surface area contributed by atoms with E-state index < -0.39 is 0 Å². The van der Waals surface area contributed by atoms with Crippen LogP contribution in [0, 0.1) is 0 Å². The van der Waals surface area contributed by atoms with E-state index in [1.807, 2.05) is 24.5 Å². The Morgan fingerprint density at radius 1 is 1.36 bits per heavy atom. The van der Waals surface area contributed by atoms with E-state index in [0.717, 1.165) is 17.0 Å². The van der Waals surface area contributed by atoms with Crippen LogP contribution >= 0.6 is 11.3 Å². The highest BCUT2D eigenvalue weighted by Crippen LogP contribution is 2.24. The van der Waals surface area contributed by atoms with E-state index in [4.69, 9.17) is 0 Å². The fourth-order valence-corrected chi connectivity index (χ4v) is 2.30. The van der Waals surface area contributed by atoms with Gasteiger partial charge in [0.25, 0.3) is 0 Å². The molecule has 3 heteroatoms. The lowest BCUT2D eigenvalue weighted by molar-refractivity contribution is 0.936. The van der Waals surface area contributed by atoms with Crippen molar-refractivity contribution in [1.29, 1.82) is 0 Å². The topological polar surface area (TPSA) is 25.8 Å². The Hall–Kier alpha value is -1.22. The second-order valence-corrected chi connectivity index (χ2v) is 4.24. The van der Waals surface area contributed by atoms with Crippen molar-refractivity contribution in [3.05, 3.63) is 35.6 Å². The lowest BCUT2D eigenvalue weighted by Crippen LogP contribution is -1.75. The van der Waals surface area contributed by atoms with Gasteiger partial charge < -0.3 is 0 Å². The molecule has 2 aromatic rings. The predicted molar refractivity (Wildman–Crippen MR) is 59.3 cm³/mol. The van der Waals surface area contributed by atoms with Crippen LogP contribution in [0.3, 0.4) is 0 Å². The zero-order chi connectivity index (χ0) is 9.80. The number of hydrogen-bond acceptors (Lipinski definition) is 3. The molecule has 0 fully saturated rings. The Morgan fingerprint density at radius 3 is 3.00 bits per heavy atom. The second kappa shape index (κ2) is 4.33. The molecule has 0 N–H and O–H groups in total. The summed E-state index contributed by atoms with van der Waals surface area (Å²) in [5.41, 5.74) is 1.11. The van der Waals surface area contributed by atoms with Crippen molar-refractivity contribution >= 4 is 11.3 Å². The normalized spacial score (nSPS) is 10.4. The van der Waals surface area contributed by atoms with Crippen molar-refractivity contribution in [3.63, 3.8) is 0 Å². The first kappa shape index (κ1) is 9.34. The number of aryl methyl sites for hydroxylation is 1. The van der Waals surface area contributed by atoms with Gasteiger partial charge in [-0.2, -0.15) is 0 Å². The molecule has 0 aliphatic rings. The monoisotopic (exact) mass is 204 g/mol. The van der Waals surface area contributed by atoms with Gasteiger partial charge in [-0.3, -0.25) is 4.98 Å². The molecule has 2 aromatic heterocycles. The maximum atomic E-state index is 4.38. The molecule has 0 saturated heterocycles. The Balaban J connectivity index is 2.25. The maximum absolute atomic E-state index is 4.38. The van der Waals surface area contributed by atoms with Crippen LogP contribution in [0.25, 0.3) is 10.6 Å². The molecular formula is C11H12N2S. The average Bonchev–Trinajstić information content (AvgIpc) is 2.68. The minimum atomic E-state index is 1.07. The van der Waals surface area contributed by atoms with Crippen LogP contribution in [-0.4, -0.2) is 9.97 Å². The first-order valence-electron chi connectivity index (χ1n) is 4.75. The molecule has 2 rings (SSSR count). The SMILES string of the molecule is CCCc1cnc(-c2cccnc2)s1. The van der Waals surface area contributed by atoms with Crippen molar-refractivity contribution in [3.8, 4) is 10.6 Å². The molecule has 0 amide bonds. The van der Waals surface area contributed by atoms with Gasteiger partial charge in [0.1, 0.15) is 5.01 Å². The summed E-state index contributed by atoms with van der Waals surface area (Å²) in [5, 5.41) is 1.07. The zero-order valence-corrected chi connectivity index (χ0v) is 8.92. The molecule has 0 aliphatic heterocycles. The summed E-state index contributed by atoms with van der Waals surface area (Å²) in [6, 6.07) is 3.98. The van der Waals surface area contributed by atoms with Crippen molar-refractivity contribution in [2.45, 2.75) is 19.8 Å². The van der Waals surface area contributed by atoms with Gasteiger partial charge in [0.05, 0.1) is 0 Å². The van der Waals surface area contributed by atoms with Gasteiger partial charge in [-0.25, -0.2) is 4.98 Å². The highest BCUT2D eigenvalue weighted by atomic mass is 32.1. The van der Waals surface area contributed by atoms with E-state index in [1.54, 1.807) is 17.5 Å². The molecule has 0 unspecified atom stereocenters. The van der Waals surface area contributed by atoms with Crippen LogP contribution in [0.2, 0.25) is 0 Å². The van der Waals surface area contributed by atoms with E-state index in [0.29, 0.717) is 0 Å². The van der Waals surface area contributed by atoms with E-state index in [2.05, 4.69) is 16.9 Å². The summed E-state index contributed by atoms with van der Waals surface area (Å²) < 4.78 is 0. The third kappa shape index (κ3) is 1.99. The average molecular weight is 204 g/mol. The summed E-state index contributed by atoms with van der Waals surface area (Å²) >= 11 is 1.76. The molecule has 14 heavy (non-hydrogen) atoms. The highest BCUT2D eigenvalue weighted by Gasteiger charge is 2.03. The molecule has 0 aliphatic carbocycles. The molecule has 0 aromatic carbocycles. The molecule has 0 atom stereocenters. The van der Waals surface area contributed by atoms with Gasteiger partial charge in [0, 0.05) is 29.0 Å². The molecule has 0 radical (unpaired) electrons. The molecular weight excluding hydrogens is 192 g/mol. The van der Waals surface area contributed by atoms with Crippen LogP contribution < -0.4 is 0 Å². The Bertz CT molecular complexity index is 395. The van der Waals surface area contributed by atoms with Gasteiger partial charge in [-0.1, -0.05) is 13.3 Å². The van der Waals surface area contributed by atoms with E-state index in [-0.39, 0.29) is 0 Å². The van der Waals surface area contributed by atoms with Crippen LogP contribution in [0.15, 0.2) is 30.7 Å². The maximum Gasteiger partial charge on any atom is 0.125 e. The van der Waals surface area contributed by atoms with Crippen LogP contribution in [0.5, 0.6) is 0 Å². The standard InChI is InChI=1S/C11H12N2S/c1-2-4-10-8-13-11(14-10)9-5-3-6-12-7-9/h3,5-8H,2,4H2,1H3. The van der Waals surface area contributed by atoms with E-state index in [1.165, 1.54) is 11.3 Å². The van der Waals surface area contributed by atoms with E-state index >= 15 is 0 Å². The van der Waals surface area contributed by atoms with Crippen LogP contribution in [0.4, 0.5) is 0 Å². The van der Waals surface area contributed by atoms with Crippen molar-refractivity contribution in [2.75, 3.05) is 0 Å². The van der Waals surface area contributed by atoms with Gasteiger partial charge in [0.15, 0.2) is 0 Å². The number of hydrogen-bond donors (Lipinski definition) is 0. The smallest absolute Gasteiger partial charge is 0.125 e. The summed E-state index contributed by atoms with van der Waals surface area (Å²) in [7, 11) is 0. The highest BCUT2D eigenvalue weighted by molar-refractivity contribution is 7.15. The van der Waals surface area contributed by atoms with Gasteiger partial charge >= 0.3 is 0 Å². The van der Waals surface area contributed by atoms with Gasteiger partial charge in [0.2, 0.25) is 0 Å². The summed E-state index contributed by atoms with van der Waals surface area (Å²) in [6.45, 7) is 2.18. The van der Waals surface area contributed by atoms with Crippen molar-refractivity contribution in [2.24, 2.45) is 0 Å². The number of thiazole rings is 1. The fourth-order valence-electron chi connectivity index (χ4n) is 1.29. The summed E-state index contributed by atoms with van der Waals surface area (Å²) in [5.74, 6) is 0. The molecule has 0 bridgehead atoms. The van der Waals surface area contributed by atoms with Crippen molar-refractivity contribution in [1.82, 2.24) is 9.97 Å². The minimum absolute atomic E-state index is 1.07. The summed E-state index contributed by atoms with van der Waals surface area (Å²) in [4.78, 5) is 9.82. The number of rotatable bonds is 3. The van der Waals surface area contributed by atoms with Crippen LogP contribution in [0.1, 0.15) is 18.2 Å². The van der Waals surface area contributed by atoms with E-state index in [9.17, 15) is 0 Å². The largest absolute Gasteiger partial charge is 0.264 e. The minimum Gasteiger partial charge on any atom is -0.264 e. The number of nitrogens with zero attached hydrogens (tertiary/aromatic N) is 2. The second-order valence-electron chi connectivity index (χ2n) is 3.12. The zero-order valence-electron chi connectivity index (χ0n) is 8.10. The third-order valence-corrected chi connectivity index (χ3v) is 3.06. The Labute approximate surface area is 87.7 Å². The third-order valence-electron chi connectivity index (χ3n) is 1.96. The number of pyridine rings is 1. The molecule has 2 heterocycles. The van der Waals surface area contributed by atoms with Gasteiger partial charge in [-0.05, 0) is 18.6 Å². The molecule has 72 valence electrons.